The number of rotatable bonds is 5. The molecule has 1 heterocycles. The fourth-order valence-electron chi connectivity index (χ4n) is 1.16. The maximum absolute atomic E-state index is 12.0. The molecule has 0 radical (unpaired) electrons. The van der Waals surface area contributed by atoms with Crippen molar-refractivity contribution >= 4 is 21.4 Å². The standard InChI is InChI=1S/C9H14N2O2S2/c1-3-5-11(2)15(12,13)9-4-6-14-8(9)7-10/h3-4,6H,1,5,7,10H2,2H3. The van der Waals surface area contributed by atoms with Gasteiger partial charge in [0.25, 0.3) is 0 Å². The lowest BCUT2D eigenvalue weighted by Crippen LogP contribution is -2.27. The fraction of sp³-hybridized carbons (Fsp3) is 0.333. The van der Waals surface area contributed by atoms with Gasteiger partial charge in [0.05, 0.1) is 4.90 Å². The molecular weight excluding hydrogens is 232 g/mol. The Morgan fingerprint density at radius 1 is 1.67 bits per heavy atom. The zero-order chi connectivity index (χ0) is 11.5. The smallest absolute Gasteiger partial charge is 0.244 e. The number of hydrogen-bond donors (Lipinski definition) is 1. The summed E-state index contributed by atoms with van der Waals surface area (Å²) in [7, 11) is -1.89. The number of sulfonamides is 1. The Bertz CT molecular complexity index is 437. The second-order valence-electron chi connectivity index (χ2n) is 2.99. The number of nitrogens with zero attached hydrogens (tertiary/aromatic N) is 1. The van der Waals surface area contributed by atoms with E-state index in [9.17, 15) is 8.42 Å². The first-order valence-electron chi connectivity index (χ1n) is 4.37. The minimum absolute atomic E-state index is 0.244. The van der Waals surface area contributed by atoms with E-state index in [-0.39, 0.29) is 6.54 Å². The van der Waals surface area contributed by atoms with Crippen LogP contribution in [0, 0.1) is 0 Å². The first-order chi connectivity index (χ1) is 7.04. The minimum Gasteiger partial charge on any atom is -0.326 e. The van der Waals surface area contributed by atoms with Crippen LogP contribution in [0.3, 0.4) is 0 Å². The second kappa shape index (κ2) is 4.89. The minimum atomic E-state index is -3.41. The summed E-state index contributed by atoms with van der Waals surface area (Å²) in [4.78, 5) is 0.991. The third-order valence-corrected chi connectivity index (χ3v) is 4.94. The molecule has 0 aliphatic carbocycles. The van der Waals surface area contributed by atoms with Crippen molar-refractivity contribution in [3.8, 4) is 0 Å². The zero-order valence-electron chi connectivity index (χ0n) is 8.51. The Kier molecular flexibility index (Phi) is 4.04. The normalized spacial score (nSPS) is 11.9. The molecule has 1 aromatic heterocycles. The molecule has 0 unspecified atom stereocenters. The Labute approximate surface area is 94.1 Å². The van der Waals surface area contributed by atoms with Gasteiger partial charge in [0, 0.05) is 25.0 Å². The molecule has 6 heteroatoms. The van der Waals surface area contributed by atoms with Crippen molar-refractivity contribution in [2.75, 3.05) is 13.6 Å². The predicted molar refractivity (Wildman–Crippen MR) is 62.2 cm³/mol. The van der Waals surface area contributed by atoms with E-state index in [1.54, 1.807) is 17.5 Å². The molecule has 0 amide bonds. The molecule has 0 aliphatic heterocycles. The van der Waals surface area contributed by atoms with Crippen molar-refractivity contribution in [3.63, 3.8) is 0 Å². The number of nitrogens with two attached hydrogens (primary N) is 1. The van der Waals surface area contributed by atoms with E-state index >= 15 is 0 Å². The van der Waals surface area contributed by atoms with E-state index in [2.05, 4.69) is 6.58 Å². The molecule has 4 nitrogen and oxygen atoms in total. The molecule has 0 spiro atoms. The van der Waals surface area contributed by atoms with E-state index < -0.39 is 10.0 Å². The van der Waals surface area contributed by atoms with Gasteiger partial charge in [-0.2, -0.15) is 4.31 Å². The first-order valence-corrected chi connectivity index (χ1v) is 6.69. The Balaban J connectivity index is 3.11. The van der Waals surface area contributed by atoms with Crippen LogP contribution in [0.25, 0.3) is 0 Å². The van der Waals surface area contributed by atoms with Gasteiger partial charge in [-0.05, 0) is 11.4 Å². The van der Waals surface area contributed by atoms with Gasteiger partial charge in [0.2, 0.25) is 10.0 Å². The van der Waals surface area contributed by atoms with Gasteiger partial charge in [-0.3, -0.25) is 0 Å². The Morgan fingerprint density at radius 3 is 2.87 bits per heavy atom. The number of hydrogen-bond acceptors (Lipinski definition) is 4. The van der Waals surface area contributed by atoms with Crippen LogP contribution in [-0.4, -0.2) is 26.3 Å². The topological polar surface area (TPSA) is 63.4 Å². The highest BCUT2D eigenvalue weighted by molar-refractivity contribution is 7.89. The third-order valence-electron chi connectivity index (χ3n) is 1.96. The summed E-state index contributed by atoms with van der Waals surface area (Å²) in [6.07, 6.45) is 1.55. The van der Waals surface area contributed by atoms with E-state index in [1.165, 1.54) is 22.7 Å². The number of likely N-dealkylation sites (N-methyl/N-ethyl adjacent to an activating group) is 1. The average Bonchev–Trinajstić information content (AvgIpc) is 2.66. The lowest BCUT2D eigenvalue weighted by Gasteiger charge is -2.14. The summed E-state index contributed by atoms with van der Waals surface area (Å²) in [6, 6.07) is 1.59. The highest BCUT2D eigenvalue weighted by Crippen LogP contribution is 2.23. The van der Waals surface area contributed by atoms with Gasteiger partial charge in [-0.25, -0.2) is 8.42 Å². The van der Waals surface area contributed by atoms with E-state index in [0.29, 0.717) is 16.3 Å². The molecule has 15 heavy (non-hydrogen) atoms. The first kappa shape index (κ1) is 12.4. The lowest BCUT2D eigenvalue weighted by molar-refractivity contribution is 0.499. The summed E-state index contributed by atoms with van der Waals surface area (Å²) in [5, 5.41) is 1.73. The van der Waals surface area contributed by atoms with Crippen LogP contribution in [-0.2, 0) is 16.6 Å². The molecule has 1 aromatic rings. The van der Waals surface area contributed by atoms with Crippen LogP contribution in [0.1, 0.15) is 4.88 Å². The van der Waals surface area contributed by atoms with Crippen LogP contribution in [0.2, 0.25) is 0 Å². The average molecular weight is 246 g/mol. The highest BCUT2D eigenvalue weighted by atomic mass is 32.2. The van der Waals surface area contributed by atoms with E-state index in [0.717, 1.165) is 0 Å². The summed E-state index contributed by atoms with van der Waals surface area (Å²) in [5.74, 6) is 0. The van der Waals surface area contributed by atoms with Crippen LogP contribution in [0.15, 0.2) is 29.0 Å². The maximum atomic E-state index is 12.0. The lowest BCUT2D eigenvalue weighted by atomic mass is 10.5. The molecule has 0 fully saturated rings. The maximum Gasteiger partial charge on any atom is 0.244 e. The van der Waals surface area contributed by atoms with E-state index in [4.69, 9.17) is 5.73 Å². The van der Waals surface area contributed by atoms with Crippen molar-refractivity contribution in [3.05, 3.63) is 29.0 Å². The largest absolute Gasteiger partial charge is 0.326 e. The van der Waals surface area contributed by atoms with Crippen molar-refractivity contribution in [2.24, 2.45) is 5.73 Å². The van der Waals surface area contributed by atoms with Crippen LogP contribution in [0.5, 0.6) is 0 Å². The van der Waals surface area contributed by atoms with Crippen molar-refractivity contribution in [1.29, 1.82) is 0 Å². The summed E-state index contributed by atoms with van der Waals surface area (Å²) < 4.78 is 25.2. The zero-order valence-corrected chi connectivity index (χ0v) is 10.1. The number of thiophene rings is 1. The molecule has 0 atom stereocenters. The van der Waals surface area contributed by atoms with Gasteiger partial charge in [-0.1, -0.05) is 6.08 Å². The fourth-order valence-corrected chi connectivity index (χ4v) is 3.60. The summed E-state index contributed by atoms with van der Waals surface area (Å²) in [5.41, 5.74) is 5.47. The third kappa shape index (κ3) is 2.46. The van der Waals surface area contributed by atoms with Gasteiger partial charge < -0.3 is 5.73 Å². The van der Waals surface area contributed by atoms with Gasteiger partial charge in [-0.15, -0.1) is 17.9 Å². The molecule has 84 valence electrons. The predicted octanol–water partition coefficient (Wildman–Crippen LogP) is 1.01. The van der Waals surface area contributed by atoms with Crippen LogP contribution < -0.4 is 5.73 Å². The molecule has 2 N–H and O–H groups in total. The van der Waals surface area contributed by atoms with Crippen LogP contribution in [0.4, 0.5) is 0 Å². The van der Waals surface area contributed by atoms with Gasteiger partial charge in [0.1, 0.15) is 0 Å². The SMILES string of the molecule is C=CCN(C)S(=O)(=O)c1ccsc1CN. The molecule has 0 saturated carbocycles. The monoisotopic (exact) mass is 246 g/mol. The van der Waals surface area contributed by atoms with Gasteiger partial charge in [0.15, 0.2) is 0 Å². The molecule has 0 bridgehead atoms. The molecule has 0 aliphatic rings. The Morgan fingerprint density at radius 2 is 2.33 bits per heavy atom. The van der Waals surface area contributed by atoms with E-state index in [1.807, 2.05) is 0 Å². The van der Waals surface area contributed by atoms with Crippen molar-refractivity contribution in [2.45, 2.75) is 11.4 Å². The Hall–Kier alpha value is -0.690. The van der Waals surface area contributed by atoms with Crippen LogP contribution >= 0.6 is 11.3 Å². The summed E-state index contributed by atoms with van der Waals surface area (Å²) >= 11 is 1.36. The quantitative estimate of drug-likeness (QED) is 0.789. The van der Waals surface area contributed by atoms with Gasteiger partial charge >= 0.3 is 0 Å². The van der Waals surface area contributed by atoms with Crippen molar-refractivity contribution < 1.29 is 8.42 Å². The highest BCUT2D eigenvalue weighted by Gasteiger charge is 2.23. The second-order valence-corrected chi connectivity index (χ2v) is 6.00. The molecule has 1 rings (SSSR count). The molecule has 0 aromatic carbocycles. The van der Waals surface area contributed by atoms with Crippen molar-refractivity contribution in [1.82, 2.24) is 4.31 Å². The molecule has 0 saturated heterocycles. The summed E-state index contributed by atoms with van der Waals surface area (Å²) in [6.45, 7) is 4.05. The molecular formula is C9H14N2O2S2.